The number of rotatable bonds is 8. The van der Waals surface area contributed by atoms with Gasteiger partial charge < -0.3 is 33.9 Å². The van der Waals surface area contributed by atoms with Crippen LogP contribution in [0.1, 0.15) is 96.5 Å². The molecule has 0 spiro atoms. The lowest BCUT2D eigenvalue weighted by Gasteiger charge is -2.47. The van der Waals surface area contributed by atoms with Gasteiger partial charge in [0.05, 0.1) is 23.4 Å². The van der Waals surface area contributed by atoms with Crippen molar-refractivity contribution in [1.82, 2.24) is 14.7 Å². The highest BCUT2D eigenvalue weighted by Gasteiger charge is 2.51. The molecular weight excluding hydrogens is 719 g/mol. The van der Waals surface area contributed by atoms with E-state index in [4.69, 9.17) is 18.9 Å². The van der Waals surface area contributed by atoms with E-state index in [2.05, 4.69) is 18.7 Å². The Kier molecular flexibility index (Phi) is 15.0. The number of ether oxygens (including phenoxy) is 4. The highest BCUT2D eigenvalue weighted by atomic mass is 19.4. The maximum atomic E-state index is 14.4. The summed E-state index contributed by atoms with van der Waals surface area (Å²) >= 11 is 0. The molecule has 4 rings (SSSR count). The summed E-state index contributed by atoms with van der Waals surface area (Å²) in [6, 6.07) is 4.11. The molecule has 0 radical (unpaired) electrons. The molecule has 0 unspecified atom stereocenters. The molecule has 3 heterocycles. The number of hydrogen-bond donors (Lipinski definition) is 1. The van der Waals surface area contributed by atoms with E-state index < -0.39 is 59.0 Å². The van der Waals surface area contributed by atoms with E-state index in [-0.39, 0.29) is 48.0 Å². The molecule has 3 aliphatic heterocycles. The van der Waals surface area contributed by atoms with Crippen LogP contribution in [0.2, 0.25) is 0 Å². The van der Waals surface area contributed by atoms with Crippen LogP contribution in [0, 0.1) is 23.2 Å². The summed E-state index contributed by atoms with van der Waals surface area (Å²) in [5.41, 5.74) is -3.39. The molecule has 0 bridgehead atoms. The van der Waals surface area contributed by atoms with Gasteiger partial charge in [0, 0.05) is 50.3 Å². The van der Waals surface area contributed by atoms with E-state index in [0.717, 1.165) is 12.1 Å². The number of likely N-dealkylation sites (N-methyl/N-ethyl adjacent to an activating group) is 2. The third-order valence-corrected chi connectivity index (χ3v) is 12.2. The Morgan fingerprint density at radius 3 is 2.33 bits per heavy atom. The monoisotopic (exact) mass is 783 g/mol. The van der Waals surface area contributed by atoms with Gasteiger partial charge in [-0.3, -0.25) is 19.3 Å². The van der Waals surface area contributed by atoms with E-state index >= 15 is 0 Å². The molecule has 1 aromatic rings. The molecular formula is C41H64F3N3O8. The number of piperidine rings is 1. The first-order valence-electron chi connectivity index (χ1n) is 19.8. The van der Waals surface area contributed by atoms with Crippen LogP contribution < -0.4 is 0 Å². The van der Waals surface area contributed by atoms with Crippen LogP contribution in [0.4, 0.5) is 13.2 Å². The fourth-order valence-corrected chi connectivity index (χ4v) is 8.85. The number of amides is 1. The SMILES string of the molecule is CCN1C[C@H](C)C[C@@](C)(OC)[C@H](O[C@@H]2O[C@H](C)C[C@H](N(C)C)[C@H]2O)[C@@H](C)C(=O)C(C)(C)C(=O)OC[C@H]1CC1CCN(C(=O)c2cccc(C(F)(F)F)c2)CC1. The van der Waals surface area contributed by atoms with Crippen molar-refractivity contribution in [2.45, 2.75) is 129 Å². The minimum atomic E-state index is -4.54. The summed E-state index contributed by atoms with van der Waals surface area (Å²) in [5.74, 6) is -2.09. The van der Waals surface area contributed by atoms with Gasteiger partial charge in [-0.1, -0.05) is 26.8 Å². The summed E-state index contributed by atoms with van der Waals surface area (Å²) in [5, 5.41) is 11.4. The number of ketones is 1. The van der Waals surface area contributed by atoms with Crippen molar-refractivity contribution in [3.63, 3.8) is 0 Å². The van der Waals surface area contributed by atoms with Gasteiger partial charge in [-0.15, -0.1) is 0 Å². The molecule has 0 aliphatic carbocycles. The second-order valence-electron chi connectivity index (χ2n) is 17.1. The summed E-state index contributed by atoms with van der Waals surface area (Å²) in [6.07, 6.45) is -4.60. The van der Waals surface area contributed by atoms with Crippen molar-refractivity contribution in [2.24, 2.45) is 23.2 Å². The molecule has 3 saturated heterocycles. The first-order chi connectivity index (χ1) is 25.6. The number of aliphatic hydroxyl groups is 1. The Balaban J connectivity index is 1.55. The lowest BCUT2D eigenvalue weighted by molar-refractivity contribution is -0.295. The van der Waals surface area contributed by atoms with Gasteiger partial charge in [-0.2, -0.15) is 13.2 Å². The number of esters is 1. The van der Waals surface area contributed by atoms with Gasteiger partial charge in [0.2, 0.25) is 0 Å². The van der Waals surface area contributed by atoms with Crippen molar-refractivity contribution in [3.8, 4) is 0 Å². The molecule has 1 amide bonds. The van der Waals surface area contributed by atoms with Crippen molar-refractivity contribution < 1.29 is 51.6 Å². The zero-order valence-electron chi connectivity index (χ0n) is 34.4. The number of alkyl halides is 3. The highest BCUT2D eigenvalue weighted by molar-refractivity contribution is 6.04. The molecule has 55 heavy (non-hydrogen) atoms. The maximum absolute atomic E-state index is 14.4. The zero-order chi connectivity index (χ0) is 41.0. The second kappa shape index (κ2) is 18.3. The summed E-state index contributed by atoms with van der Waals surface area (Å²) in [4.78, 5) is 47.3. The van der Waals surface area contributed by atoms with Crippen molar-refractivity contribution in [2.75, 3.05) is 54.0 Å². The van der Waals surface area contributed by atoms with Crippen LogP contribution in [0.3, 0.4) is 0 Å². The van der Waals surface area contributed by atoms with E-state index in [1.54, 1.807) is 32.8 Å². The summed E-state index contributed by atoms with van der Waals surface area (Å²) in [6.45, 7) is 15.0. The zero-order valence-corrected chi connectivity index (χ0v) is 34.4. The third-order valence-electron chi connectivity index (χ3n) is 12.2. The fourth-order valence-electron chi connectivity index (χ4n) is 8.85. The minimum absolute atomic E-state index is 0.0125. The topological polar surface area (TPSA) is 118 Å². The van der Waals surface area contributed by atoms with E-state index in [1.165, 1.54) is 12.1 Å². The van der Waals surface area contributed by atoms with Crippen LogP contribution in [0.5, 0.6) is 0 Å². The average Bonchev–Trinajstić information content (AvgIpc) is 3.14. The second-order valence-corrected chi connectivity index (χ2v) is 17.1. The fraction of sp³-hybridized carbons (Fsp3) is 0.780. The maximum Gasteiger partial charge on any atom is 0.416 e. The number of likely N-dealkylation sites (tertiary alicyclic amines) is 1. The van der Waals surface area contributed by atoms with Crippen LogP contribution in [-0.2, 0) is 34.7 Å². The molecule has 3 aliphatic rings. The number of benzene rings is 1. The summed E-state index contributed by atoms with van der Waals surface area (Å²) in [7, 11) is 5.38. The Hall–Kier alpha value is -2.62. The van der Waals surface area contributed by atoms with Gasteiger partial charge in [0.1, 0.15) is 18.1 Å². The molecule has 0 saturated carbocycles. The smallest absolute Gasteiger partial charge is 0.416 e. The lowest BCUT2D eigenvalue weighted by Crippen LogP contribution is -2.59. The van der Waals surface area contributed by atoms with Crippen molar-refractivity contribution in [3.05, 3.63) is 35.4 Å². The molecule has 9 atom stereocenters. The number of hydrogen-bond acceptors (Lipinski definition) is 10. The molecule has 3 fully saturated rings. The van der Waals surface area contributed by atoms with Gasteiger partial charge in [-0.25, -0.2) is 0 Å². The predicted molar refractivity (Wildman–Crippen MR) is 201 cm³/mol. The highest BCUT2D eigenvalue weighted by Crippen LogP contribution is 2.39. The quantitative estimate of drug-likeness (QED) is 0.261. The normalized spacial score (nSPS) is 33.8. The molecule has 1 N–H and O–H groups in total. The average molecular weight is 784 g/mol. The molecule has 312 valence electrons. The minimum Gasteiger partial charge on any atom is -0.463 e. The number of nitrogens with zero attached hydrogens (tertiary/aromatic N) is 3. The van der Waals surface area contributed by atoms with E-state index in [9.17, 15) is 32.7 Å². The van der Waals surface area contributed by atoms with Crippen LogP contribution in [0.15, 0.2) is 24.3 Å². The number of cyclic esters (lactones) is 1. The van der Waals surface area contributed by atoms with Crippen molar-refractivity contribution >= 4 is 17.7 Å². The third kappa shape index (κ3) is 10.7. The molecule has 0 aromatic heterocycles. The number of aliphatic hydroxyl groups excluding tert-OH is 1. The number of carbonyl (C=O) groups excluding carboxylic acids is 3. The van der Waals surface area contributed by atoms with Gasteiger partial charge >= 0.3 is 12.1 Å². The van der Waals surface area contributed by atoms with Gasteiger partial charge in [0.15, 0.2) is 12.1 Å². The first kappa shape index (κ1) is 45.1. The standard InChI is InChI=1S/C41H64F3N3O8/c1-11-46-23-25(2)22-40(7,52-10)35(55-37-33(48)32(45(8)9)19-26(3)54-37)27(4)34(49)39(5,6)38(51)53-24-31(46)20-28-15-17-47(18-16-28)36(50)29-13-12-14-30(21-29)41(42,43)44/h12-14,21,25-28,31-33,35,37,48H,11,15-20,22-24H2,1-10H3/t25-,26-,27+,31-,32+,33-,35-,37+,40-/m1/s1. The van der Waals surface area contributed by atoms with E-state index in [0.29, 0.717) is 58.3 Å². The van der Waals surface area contributed by atoms with Crippen LogP contribution in [-0.4, -0.2) is 134 Å². The Bertz CT molecular complexity index is 1470. The van der Waals surface area contributed by atoms with Crippen molar-refractivity contribution in [1.29, 1.82) is 0 Å². The number of halogens is 3. The Morgan fingerprint density at radius 2 is 1.75 bits per heavy atom. The predicted octanol–water partition coefficient (Wildman–Crippen LogP) is 5.67. The molecule has 14 heteroatoms. The first-order valence-corrected chi connectivity index (χ1v) is 19.8. The Morgan fingerprint density at radius 1 is 1.09 bits per heavy atom. The lowest BCUT2D eigenvalue weighted by atomic mass is 9.74. The number of Topliss-reactive ketones (excluding diaryl/α,β-unsaturated/α-hetero) is 1. The largest absolute Gasteiger partial charge is 0.463 e. The van der Waals surface area contributed by atoms with Crippen LogP contribution >= 0.6 is 0 Å². The van der Waals surface area contributed by atoms with Gasteiger partial charge in [-0.05, 0) is 110 Å². The Labute approximate surface area is 325 Å². The molecule has 11 nitrogen and oxygen atoms in total. The number of methoxy groups -OCH3 is 1. The number of carbonyl (C=O) groups is 3. The van der Waals surface area contributed by atoms with Crippen LogP contribution in [0.25, 0.3) is 0 Å². The van der Waals surface area contributed by atoms with E-state index in [1.807, 2.05) is 32.8 Å². The summed E-state index contributed by atoms with van der Waals surface area (Å²) < 4.78 is 65.0. The molecule has 1 aromatic carbocycles. The van der Waals surface area contributed by atoms with Gasteiger partial charge in [0.25, 0.3) is 5.91 Å².